The number of aromatic nitrogens is 4. The Kier molecular flexibility index (Phi) is 7.36. The lowest BCUT2D eigenvalue weighted by molar-refractivity contribution is -0.149. The van der Waals surface area contributed by atoms with Gasteiger partial charge in [-0.2, -0.15) is 9.97 Å². The number of esters is 1. The van der Waals surface area contributed by atoms with Crippen LogP contribution in [-0.4, -0.2) is 62.3 Å². The highest BCUT2D eigenvalue weighted by Crippen LogP contribution is 2.41. The highest BCUT2D eigenvalue weighted by atomic mass is 31.2. The zero-order valence-electron chi connectivity index (χ0n) is 18.7. The van der Waals surface area contributed by atoms with E-state index in [4.69, 9.17) is 19.7 Å². The lowest BCUT2D eigenvalue weighted by Crippen LogP contribution is -2.35. The number of carbonyl (C=O) groups is 1. The molecule has 0 amide bonds. The fourth-order valence-corrected chi connectivity index (χ4v) is 4.55. The van der Waals surface area contributed by atoms with Gasteiger partial charge in [-0.25, -0.2) is 14.6 Å². The zero-order valence-corrected chi connectivity index (χ0v) is 19.6. The van der Waals surface area contributed by atoms with Crippen LogP contribution in [0.5, 0.6) is 0 Å². The summed E-state index contributed by atoms with van der Waals surface area (Å²) in [5, 5.41) is 5.22. The van der Waals surface area contributed by atoms with Crippen LogP contribution in [0.1, 0.15) is 40.3 Å². The fraction of sp³-hybridized carbons (Fsp3) is 0.667. The predicted molar refractivity (Wildman–Crippen MR) is 117 cm³/mol. The maximum Gasteiger partial charge on any atom is 0.403 e. The van der Waals surface area contributed by atoms with Gasteiger partial charge in [0.05, 0.1) is 25.1 Å². The first-order valence-electron chi connectivity index (χ1n) is 10.3. The molecule has 5 atom stereocenters. The second-order valence-electron chi connectivity index (χ2n) is 8.02. The van der Waals surface area contributed by atoms with E-state index in [1.165, 1.54) is 6.92 Å². The minimum atomic E-state index is -4.25. The average molecular weight is 471 g/mol. The average Bonchev–Trinajstić information content (AvgIpc) is 3.27. The zero-order chi connectivity index (χ0) is 23.6. The van der Waals surface area contributed by atoms with Crippen molar-refractivity contribution in [1.82, 2.24) is 24.6 Å². The maximum absolute atomic E-state index is 12.4. The van der Waals surface area contributed by atoms with Crippen LogP contribution in [0.4, 0.5) is 11.8 Å². The van der Waals surface area contributed by atoms with Crippen LogP contribution in [0, 0.1) is 5.92 Å². The summed E-state index contributed by atoms with van der Waals surface area (Å²) in [6, 6.07) is -1.01. The van der Waals surface area contributed by atoms with Crippen molar-refractivity contribution in [3.8, 4) is 0 Å². The van der Waals surface area contributed by atoms with Gasteiger partial charge in [0.25, 0.3) is 0 Å². The second kappa shape index (κ2) is 9.67. The molecule has 1 aliphatic heterocycles. The normalized spacial score (nSPS) is 23.9. The van der Waals surface area contributed by atoms with Gasteiger partial charge in [-0.05, 0) is 27.2 Å². The highest BCUT2D eigenvalue weighted by Gasteiger charge is 2.37. The molecule has 0 aromatic carbocycles. The quantitative estimate of drug-likeness (QED) is 0.306. The molecule has 3 rings (SSSR count). The number of imidazole rings is 1. The number of fused-ring (bicyclic) bond motifs is 1. The number of nitrogens with two attached hydrogens (primary N) is 1. The predicted octanol–water partition coefficient (Wildman–Crippen LogP) is 1.42. The molecule has 1 saturated heterocycles. The first-order chi connectivity index (χ1) is 15.0. The number of nitrogens with zero attached hydrogens (tertiary/aromatic N) is 4. The summed E-state index contributed by atoms with van der Waals surface area (Å²) in [6.45, 7) is 6.66. The van der Waals surface area contributed by atoms with Gasteiger partial charge in [0, 0.05) is 13.0 Å². The van der Waals surface area contributed by atoms with Gasteiger partial charge in [-0.3, -0.25) is 13.9 Å². The van der Waals surface area contributed by atoms with Crippen LogP contribution >= 0.6 is 7.75 Å². The van der Waals surface area contributed by atoms with Crippen molar-refractivity contribution >= 4 is 36.6 Å². The van der Waals surface area contributed by atoms with Gasteiger partial charge in [0.15, 0.2) is 17.0 Å². The van der Waals surface area contributed by atoms with Gasteiger partial charge >= 0.3 is 13.7 Å². The summed E-state index contributed by atoms with van der Waals surface area (Å²) in [7, 11) is -2.53. The molecule has 0 spiro atoms. The summed E-state index contributed by atoms with van der Waals surface area (Å²) in [6.07, 6.45) is 0.980. The van der Waals surface area contributed by atoms with E-state index in [2.05, 4.69) is 25.4 Å². The molecule has 0 bridgehead atoms. The van der Waals surface area contributed by atoms with Crippen LogP contribution in [0.15, 0.2) is 6.33 Å². The molecule has 0 radical (unpaired) electrons. The minimum absolute atomic E-state index is 0.0428. The van der Waals surface area contributed by atoms with Crippen LogP contribution in [0.2, 0.25) is 0 Å². The van der Waals surface area contributed by atoms with Crippen LogP contribution < -0.4 is 16.1 Å². The van der Waals surface area contributed by atoms with Gasteiger partial charge in [-0.15, -0.1) is 0 Å². The van der Waals surface area contributed by atoms with E-state index in [1.807, 2.05) is 6.92 Å². The summed E-state index contributed by atoms with van der Waals surface area (Å²) in [5.41, 5.74) is 6.89. The molecule has 13 nitrogen and oxygen atoms in total. The molecule has 3 heterocycles. The Hall–Kier alpha value is -2.31. The first-order valence-corrected chi connectivity index (χ1v) is 11.9. The molecule has 2 aromatic rings. The first kappa shape index (κ1) is 24.3. The third-order valence-electron chi connectivity index (χ3n) is 4.90. The highest BCUT2D eigenvalue weighted by molar-refractivity contribution is 7.50. The van der Waals surface area contributed by atoms with Crippen molar-refractivity contribution in [2.24, 2.45) is 5.92 Å². The fourth-order valence-electron chi connectivity index (χ4n) is 3.51. The number of hydrogen-bond acceptors (Lipinski definition) is 10. The molecule has 178 valence electrons. The number of hydrogen-bond donors (Lipinski definition) is 4. The van der Waals surface area contributed by atoms with Crippen molar-refractivity contribution in [2.45, 2.75) is 58.6 Å². The Morgan fingerprint density at radius 2 is 2.16 bits per heavy atom. The molecule has 1 unspecified atom stereocenters. The summed E-state index contributed by atoms with van der Waals surface area (Å²) >= 11 is 0. The number of anilines is 2. The summed E-state index contributed by atoms with van der Waals surface area (Å²) < 4.78 is 30.4. The van der Waals surface area contributed by atoms with Crippen molar-refractivity contribution in [3.05, 3.63) is 6.33 Å². The molecule has 32 heavy (non-hydrogen) atoms. The van der Waals surface area contributed by atoms with Gasteiger partial charge in [0.2, 0.25) is 5.95 Å². The number of nitrogens with one attached hydrogen (secondary N) is 2. The van der Waals surface area contributed by atoms with E-state index in [9.17, 15) is 14.3 Å². The molecule has 5 N–H and O–H groups in total. The SMILES string of the molecule is CNc1nc(N)nc2c1ncn2[C@@H]1O[C@H](COP(=O)(O)N[C@@H](C)C(=O)OC(C)C)C[C@@H]1C. The second-order valence-corrected chi connectivity index (χ2v) is 9.58. The number of ether oxygens (including phenoxy) is 2. The molecule has 1 aliphatic rings. The molecule has 2 aromatic heterocycles. The van der Waals surface area contributed by atoms with E-state index < -0.39 is 32.1 Å². The summed E-state index contributed by atoms with van der Waals surface area (Å²) in [4.78, 5) is 34.7. The largest absolute Gasteiger partial charge is 0.462 e. The number of nitrogen functional groups attached to an aromatic ring is 1. The Morgan fingerprint density at radius 1 is 1.44 bits per heavy atom. The van der Waals surface area contributed by atoms with Gasteiger partial charge in [-0.1, -0.05) is 6.92 Å². The monoisotopic (exact) mass is 471 g/mol. The van der Waals surface area contributed by atoms with Gasteiger partial charge < -0.3 is 25.4 Å². The Labute approximate surface area is 185 Å². The Bertz CT molecular complexity index is 1020. The van der Waals surface area contributed by atoms with E-state index in [-0.39, 0.29) is 24.6 Å². The topological polar surface area (TPSA) is 176 Å². The molecular formula is C18H30N7O6P. The lowest BCUT2D eigenvalue weighted by atomic mass is 10.1. The maximum atomic E-state index is 12.4. The molecule has 14 heteroatoms. The van der Waals surface area contributed by atoms with E-state index in [1.54, 1.807) is 31.8 Å². The van der Waals surface area contributed by atoms with Crippen LogP contribution in [0.25, 0.3) is 11.2 Å². The lowest BCUT2D eigenvalue weighted by Gasteiger charge is -2.21. The molecule has 0 aliphatic carbocycles. The van der Waals surface area contributed by atoms with Crippen LogP contribution in [0.3, 0.4) is 0 Å². The van der Waals surface area contributed by atoms with Crippen LogP contribution in [-0.2, 0) is 23.4 Å². The third-order valence-corrected chi connectivity index (χ3v) is 6.11. The molecule has 1 fully saturated rings. The van der Waals surface area contributed by atoms with Crippen molar-refractivity contribution < 1.29 is 28.3 Å². The minimum Gasteiger partial charge on any atom is -0.462 e. The Balaban J connectivity index is 1.63. The van der Waals surface area contributed by atoms with Crippen molar-refractivity contribution in [1.29, 1.82) is 0 Å². The van der Waals surface area contributed by atoms with E-state index in [0.717, 1.165) is 0 Å². The molecule has 0 saturated carbocycles. The van der Waals surface area contributed by atoms with Crippen molar-refractivity contribution in [2.75, 3.05) is 24.7 Å². The Morgan fingerprint density at radius 3 is 2.81 bits per heavy atom. The number of carbonyl (C=O) groups excluding carboxylic acids is 1. The summed E-state index contributed by atoms with van der Waals surface area (Å²) in [5.74, 6) is 0.0137. The van der Waals surface area contributed by atoms with E-state index in [0.29, 0.717) is 23.4 Å². The smallest absolute Gasteiger partial charge is 0.403 e. The third kappa shape index (κ3) is 5.54. The van der Waals surface area contributed by atoms with E-state index >= 15 is 0 Å². The standard InChI is InChI=1S/C18H30N7O6P/c1-9(2)30-17(26)11(4)24-32(27,28)29-7-12-6-10(3)16(31-12)25-8-21-13-14(20-5)22-18(19)23-15(13)25/h8-12,16H,6-7H2,1-5H3,(H2,24,27,28)(H3,19,20,22,23)/t10-,11-,12-,16+/m0/s1. The van der Waals surface area contributed by atoms with Crippen molar-refractivity contribution in [3.63, 3.8) is 0 Å². The number of rotatable bonds is 9. The molecular weight excluding hydrogens is 441 g/mol. The van der Waals surface area contributed by atoms with Gasteiger partial charge in [0.1, 0.15) is 12.3 Å².